The lowest BCUT2D eigenvalue weighted by Crippen LogP contribution is -2.36. The smallest absolute Gasteiger partial charge is 0.322 e. The van der Waals surface area contributed by atoms with E-state index in [1.165, 1.54) is 7.11 Å². The second-order valence-corrected chi connectivity index (χ2v) is 5.12. The van der Waals surface area contributed by atoms with Crippen LogP contribution in [-0.2, 0) is 9.53 Å². The van der Waals surface area contributed by atoms with Gasteiger partial charge < -0.3 is 4.74 Å². The third-order valence-electron chi connectivity index (χ3n) is 2.48. The number of esters is 1. The SMILES string of the molecule is COC(=O)C(C)NC(C)c1ccc(Br)cc1Cl. The molecule has 0 aliphatic heterocycles. The number of benzene rings is 1. The second kappa shape index (κ2) is 6.38. The highest BCUT2D eigenvalue weighted by atomic mass is 79.9. The van der Waals surface area contributed by atoms with Crippen LogP contribution in [0.5, 0.6) is 0 Å². The Morgan fingerprint density at radius 2 is 2.12 bits per heavy atom. The van der Waals surface area contributed by atoms with Crippen LogP contribution in [0.15, 0.2) is 22.7 Å². The van der Waals surface area contributed by atoms with Crippen molar-refractivity contribution in [3.63, 3.8) is 0 Å². The van der Waals surface area contributed by atoms with Gasteiger partial charge in [0.2, 0.25) is 0 Å². The quantitative estimate of drug-likeness (QED) is 0.865. The van der Waals surface area contributed by atoms with Crippen LogP contribution in [0.3, 0.4) is 0 Å². The molecule has 2 unspecified atom stereocenters. The molecule has 0 aromatic heterocycles. The Balaban J connectivity index is 2.76. The summed E-state index contributed by atoms with van der Waals surface area (Å²) in [6.07, 6.45) is 0. The Labute approximate surface area is 115 Å². The van der Waals surface area contributed by atoms with E-state index in [4.69, 9.17) is 11.6 Å². The van der Waals surface area contributed by atoms with Crippen molar-refractivity contribution in [2.24, 2.45) is 0 Å². The van der Waals surface area contributed by atoms with Crippen molar-refractivity contribution >= 4 is 33.5 Å². The zero-order valence-corrected chi connectivity index (χ0v) is 12.3. The third kappa shape index (κ3) is 3.98. The fraction of sp³-hybridized carbons (Fsp3) is 0.417. The van der Waals surface area contributed by atoms with E-state index < -0.39 is 0 Å². The summed E-state index contributed by atoms with van der Waals surface area (Å²) in [7, 11) is 1.37. The van der Waals surface area contributed by atoms with E-state index in [0.717, 1.165) is 10.0 Å². The molecular formula is C12H15BrClNO2. The van der Waals surface area contributed by atoms with Crippen molar-refractivity contribution in [1.82, 2.24) is 5.32 Å². The largest absolute Gasteiger partial charge is 0.468 e. The van der Waals surface area contributed by atoms with E-state index in [-0.39, 0.29) is 18.1 Å². The molecule has 0 bridgehead atoms. The fourth-order valence-electron chi connectivity index (χ4n) is 1.56. The predicted octanol–water partition coefficient (Wildman–Crippen LogP) is 3.31. The Kier molecular flexibility index (Phi) is 5.43. The highest BCUT2D eigenvalue weighted by molar-refractivity contribution is 9.10. The zero-order valence-electron chi connectivity index (χ0n) is 9.96. The first kappa shape index (κ1) is 14.5. The van der Waals surface area contributed by atoms with E-state index in [0.29, 0.717) is 5.02 Å². The zero-order chi connectivity index (χ0) is 13.0. The van der Waals surface area contributed by atoms with Crippen molar-refractivity contribution in [2.45, 2.75) is 25.9 Å². The van der Waals surface area contributed by atoms with E-state index in [1.807, 2.05) is 25.1 Å². The molecule has 17 heavy (non-hydrogen) atoms. The Hall–Kier alpha value is -0.580. The van der Waals surface area contributed by atoms with Crippen LogP contribution in [0.4, 0.5) is 0 Å². The van der Waals surface area contributed by atoms with Crippen molar-refractivity contribution in [3.05, 3.63) is 33.3 Å². The summed E-state index contributed by atoms with van der Waals surface area (Å²) in [4.78, 5) is 11.3. The first-order valence-electron chi connectivity index (χ1n) is 5.24. The summed E-state index contributed by atoms with van der Waals surface area (Å²) < 4.78 is 5.59. The highest BCUT2D eigenvalue weighted by Gasteiger charge is 2.17. The standard InChI is InChI=1S/C12H15BrClNO2/c1-7(15-8(2)12(16)17-3)10-5-4-9(13)6-11(10)14/h4-8,15H,1-3H3. The first-order chi connectivity index (χ1) is 7.95. The van der Waals surface area contributed by atoms with E-state index in [2.05, 4.69) is 26.0 Å². The molecule has 0 saturated heterocycles. The molecule has 0 fully saturated rings. The Morgan fingerprint density at radius 1 is 1.47 bits per heavy atom. The maximum Gasteiger partial charge on any atom is 0.322 e. The predicted molar refractivity (Wildman–Crippen MR) is 72.2 cm³/mol. The van der Waals surface area contributed by atoms with Crippen LogP contribution < -0.4 is 5.32 Å². The maximum absolute atomic E-state index is 11.3. The van der Waals surface area contributed by atoms with Gasteiger partial charge in [0.25, 0.3) is 0 Å². The normalized spacial score (nSPS) is 14.2. The molecule has 0 saturated carbocycles. The topological polar surface area (TPSA) is 38.3 Å². The average molecular weight is 321 g/mol. The molecule has 94 valence electrons. The number of halogens is 2. The Morgan fingerprint density at radius 3 is 2.65 bits per heavy atom. The van der Waals surface area contributed by atoms with E-state index in [1.54, 1.807) is 6.92 Å². The maximum atomic E-state index is 11.3. The van der Waals surface area contributed by atoms with Gasteiger partial charge in [0.1, 0.15) is 6.04 Å². The number of nitrogens with one attached hydrogen (secondary N) is 1. The van der Waals surface area contributed by atoms with Gasteiger partial charge in [-0.25, -0.2) is 0 Å². The summed E-state index contributed by atoms with van der Waals surface area (Å²) in [5, 5.41) is 3.80. The third-order valence-corrected chi connectivity index (χ3v) is 3.30. The lowest BCUT2D eigenvalue weighted by atomic mass is 10.1. The lowest BCUT2D eigenvalue weighted by Gasteiger charge is -2.19. The average Bonchev–Trinajstić information content (AvgIpc) is 2.27. The Bertz CT molecular complexity index is 411. The molecule has 0 radical (unpaired) electrons. The molecule has 0 aliphatic carbocycles. The van der Waals surface area contributed by atoms with Crippen LogP contribution in [0.2, 0.25) is 5.02 Å². The van der Waals surface area contributed by atoms with Gasteiger partial charge in [-0.05, 0) is 31.5 Å². The lowest BCUT2D eigenvalue weighted by molar-refractivity contribution is -0.142. The molecule has 0 aliphatic rings. The number of carbonyl (C=O) groups is 1. The van der Waals surface area contributed by atoms with Crippen molar-refractivity contribution in [1.29, 1.82) is 0 Å². The number of ether oxygens (including phenoxy) is 1. The molecule has 0 amide bonds. The molecule has 1 N–H and O–H groups in total. The summed E-state index contributed by atoms with van der Waals surface area (Å²) >= 11 is 9.49. The summed E-state index contributed by atoms with van der Waals surface area (Å²) in [6.45, 7) is 3.71. The van der Waals surface area contributed by atoms with E-state index in [9.17, 15) is 4.79 Å². The van der Waals surface area contributed by atoms with Crippen LogP contribution in [-0.4, -0.2) is 19.1 Å². The molecule has 0 spiro atoms. The van der Waals surface area contributed by atoms with Gasteiger partial charge in [0.15, 0.2) is 0 Å². The van der Waals surface area contributed by atoms with Crippen LogP contribution in [0, 0.1) is 0 Å². The molecule has 3 nitrogen and oxygen atoms in total. The van der Waals surface area contributed by atoms with Gasteiger partial charge >= 0.3 is 5.97 Å². The van der Waals surface area contributed by atoms with Gasteiger partial charge in [-0.15, -0.1) is 0 Å². The molecule has 1 rings (SSSR count). The minimum absolute atomic E-state index is 0.0234. The number of hydrogen-bond donors (Lipinski definition) is 1. The molecule has 2 atom stereocenters. The molecule has 5 heteroatoms. The van der Waals surface area contributed by atoms with Gasteiger partial charge in [-0.1, -0.05) is 33.6 Å². The minimum Gasteiger partial charge on any atom is -0.468 e. The van der Waals surface area contributed by atoms with Crippen molar-refractivity contribution in [2.75, 3.05) is 7.11 Å². The van der Waals surface area contributed by atoms with Gasteiger partial charge in [-0.3, -0.25) is 10.1 Å². The van der Waals surface area contributed by atoms with Crippen LogP contribution in [0.25, 0.3) is 0 Å². The van der Waals surface area contributed by atoms with Crippen molar-refractivity contribution in [3.8, 4) is 0 Å². The highest BCUT2D eigenvalue weighted by Crippen LogP contribution is 2.26. The monoisotopic (exact) mass is 319 g/mol. The number of hydrogen-bond acceptors (Lipinski definition) is 3. The minimum atomic E-state index is -0.366. The molecule has 0 heterocycles. The first-order valence-corrected chi connectivity index (χ1v) is 6.41. The number of methoxy groups -OCH3 is 1. The summed E-state index contributed by atoms with van der Waals surface area (Å²) in [5.74, 6) is -0.287. The van der Waals surface area contributed by atoms with Crippen LogP contribution in [0.1, 0.15) is 25.5 Å². The molecule has 1 aromatic rings. The van der Waals surface area contributed by atoms with Crippen LogP contribution >= 0.6 is 27.5 Å². The van der Waals surface area contributed by atoms with Crippen molar-refractivity contribution < 1.29 is 9.53 Å². The van der Waals surface area contributed by atoms with Gasteiger partial charge in [-0.2, -0.15) is 0 Å². The second-order valence-electron chi connectivity index (χ2n) is 3.80. The van der Waals surface area contributed by atoms with Gasteiger partial charge in [0, 0.05) is 15.5 Å². The summed E-state index contributed by atoms with van der Waals surface area (Å²) in [5.41, 5.74) is 0.950. The van der Waals surface area contributed by atoms with E-state index >= 15 is 0 Å². The molecule has 1 aromatic carbocycles. The van der Waals surface area contributed by atoms with Gasteiger partial charge in [0.05, 0.1) is 7.11 Å². The fourth-order valence-corrected chi connectivity index (χ4v) is 2.40. The molecular weight excluding hydrogens is 305 g/mol. The number of carbonyl (C=O) groups excluding carboxylic acids is 1. The number of rotatable bonds is 4. The summed E-state index contributed by atoms with van der Waals surface area (Å²) in [6, 6.07) is 5.29.